The largest absolute Gasteiger partial charge is 0.390 e. The van der Waals surface area contributed by atoms with Gasteiger partial charge in [-0.3, -0.25) is 4.79 Å². The first-order valence-electron chi connectivity index (χ1n) is 6.30. The summed E-state index contributed by atoms with van der Waals surface area (Å²) in [4.78, 5) is 10.9. The molecule has 96 valence electrons. The third-order valence-electron chi connectivity index (χ3n) is 3.50. The molecule has 0 aromatic carbocycles. The summed E-state index contributed by atoms with van der Waals surface area (Å²) in [6.45, 7) is 4.95. The topological polar surface area (TPSA) is 65.0 Å². The highest BCUT2D eigenvalue weighted by atomic mass is 16.1. The Bertz CT molecular complexity index is 440. The molecule has 3 N–H and O–H groups in total. The predicted molar refractivity (Wildman–Crippen MR) is 72.7 cm³/mol. The maximum absolute atomic E-state index is 10.9. The van der Waals surface area contributed by atoms with Gasteiger partial charge >= 0.3 is 0 Å². The normalized spacial score (nSPS) is 25.9. The Balaban J connectivity index is 2.01. The van der Waals surface area contributed by atoms with Gasteiger partial charge in [-0.15, -0.1) is 0 Å². The minimum absolute atomic E-state index is 0.454. The van der Waals surface area contributed by atoms with Crippen LogP contribution in [-0.4, -0.2) is 31.6 Å². The third kappa shape index (κ3) is 2.76. The summed E-state index contributed by atoms with van der Waals surface area (Å²) in [6.07, 6.45) is 7.27. The van der Waals surface area contributed by atoms with Crippen molar-refractivity contribution in [2.24, 2.45) is 5.92 Å². The van der Waals surface area contributed by atoms with Crippen molar-refractivity contribution in [1.82, 2.24) is 10.6 Å². The van der Waals surface area contributed by atoms with Crippen LogP contribution in [0.5, 0.6) is 0 Å². The fraction of sp³-hybridized carbons (Fsp3) is 0.429. The van der Waals surface area contributed by atoms with E-state index in [4.69, 9.17) is 5.41 Å². The van der Waals surface area contributed by atoms with Gasteiger partial charge in [0.2, 0.25) is 0 Å². The Labute approximate surface area is 107 Å². The second-order valence-electron chi connectivity index (χ2n) is 4.77. The summed E-state index contributed by atoms with van der Waals surface area (Å²) in [7, 11) is 0. The molecule has 18 heavy (non-hydrogen) atoms. The van der Waals surface area contributed by atoms with E-state index in [1.165, 1.54) is 6.42 Å². The maximum atomic E-state index is 10.9. The SMILES string of the molecule is CC1=C(C=O)C=CC(=N)/C1=C\NCC1CCNC1. The minimum Gasteiger partial charge on any atom is -0.390 e. The number of carbonyl (C=O) groups excluding carboxylic acids is 1. The highest BCUT2D eigenvalue weighted by molar-refractivity contribution is 6.12. The predicted octanol–water partition coefficient (Wildman–Crippen LogP) is 1.17. The molecule has 1 unspecified atom stereocenters. The van der Waals surface area contributed by atoms with Crippen molar-refractivity contribution >= 4 is 12.0 Å². The molecule has 0 aromatic heterocycles. The maximum Gasteiger partial charge on any atom is 0.150 e. The van der Waals surface area contributed by atoms with E-state index in [1.807, 2.05) is 13.1 Å². The van der Waals surface area contributed by atoms with Crippen molar-refractivity contribution in [1.29, 1.82) is 5.41 Å². The van der Waals surface area contributed by atoms with Crippen molar-refractivity contribution in [2.75, 3.05) is 19.6 Å². The molecular formula is C14H19N3O. The number of nitrogens with one attached hydrogen (secondary N) is 3. The van der Waals surface area contributed by atoms with E-state index >= 15 is 0 Å². The Morgan fingerprint density at radius 1 is 1.56 bits per heavy atom. The number of hydrogen-bond acceptors (Lipinski definition) is 4. The number of hydrogen-bond donors (Lipinski definition) is 3. The average molecular weight is 245 g/mol. The van der Waals surface area contributed by atoms with Gasteiger partial charge in [-0.25, -0.2) is 0 Å². The monoisotopic (exact) mass is 245 g/mol. The van der Waals surface area contributed by atoms with Gasteiger partial charge in [0.25, 0.3) is 0 Å². The lowest BCUT2D eigenvalue weighted by Gasteiger charge is -2.15. The van der Waals surface area contributed by atoms with Crippen molar-refractivity contribution in [3.63, 3.8) is 0 Å². The van der Waals surface area contributed by atoms with Gasteiger partial charge in [-0.05, 0) is 50.1 Å². The van der Waals surface area contributed by atoms with Crippen LogP contribution in [0.2, 0.25) is 0 Å². The van der Waals surface area contributed by atoms with Crippen molar-refractivity contribution in [2.45, 2.75) is 13.3 Å². The van der Waals surface area contributed by atoms with Crippen molar-refractivity contribution in [3.05, 3.63) is 35.1 Å². The first-order chi connectivity index (χ1) is 8.72. The molecule has 0 saturated carbocycles. The van der Waals surface area contributed by atoms with Gasteiger partial charge in [-0.2, -0.15) is 0 Å². The van der Waals surface area contributed by atoms with Crippen molar-refractivity contribution < 1.29 is 4.79 Å². The summed E-state index contributed by atoms with van der Waals surface area (Å²) >= 11 is 0. The molecule has 1 aliphatic carbocycles. The molecule has 1 atom stereocenters. The lowest BCUT2D eigenvalue weighted by molar-refractivity contribution is -0.104. The fourth-order valence-electron chi connectivity index (χ4n) is 2.28. The van der Waals surface area contributed by atoms with Crippen LogP contribution in [0.1, 0.15) is 13.3 Å². The molecule has 1 aliphatic heterocycles. The standard InChI is InChI=1S/C14H19N3O/c1-10-12(9-18)2-3-14(15)13(10)8-17-7-11-4-5-16-6-11/h2-3,8-9,11,15-17H,4-7H2,1H3/b13-8-,15-14?. The molecule has 1 fully saturated rings. The van der Waals surface area contributed by atoms with Gasteiger partial charge in [0.1, 0.15) is 6.29 Å². The first-order valence-corrected chi connectivity index (χ1v) is 6.30. The van der Waals surface area contributed by atoms with E-state index in [0.717, 1.165) is 37.1 Å². The molecule has 0 bridgehead atoms. The second kappa shape index (κ2) is 5.78. The molecule has 1 saturated heterocycles. The van der Waals surface area contributed by atoms with Crippen molar-refractivity contribution in [3.8, 4) is 0 Å². The molecular weight excluding hydrogens is 226 g/mol. The molecule has 1 heterocycles. The second-order valence-corrected chi connectivity index (χ2v) is 4.77. The lowest BCUT2D eigenvalue weighted by Crippen LogP contribution is -2.22. The summed E-state index contributed by atoms with van der Waals surface area (Å²) in [6, 6.07) is 0. The first kappa shape index (κ1) is 12.8. The average Bonchev–Trinajstić information content (AvgIpc) is 2.86. The zero-order chi connectivity index (χ0) is 13.0. The van der Waals surface area contributed by atoms with Gasteiger partial charge in [0, 0.05) is 23.9 Å². The smallest absolute Gasteiger partial charge is 0.150 e. The molecule has 2 aliphatic rings. The van der Waals surface area contributed by atoms with Gasteiger partial charge in [-0.1, -0.05) is 0 Å². The van der Waals surface area contributed by atoms with E-state index in [0.29, 0.717) is 17.2 Å². The van der Waals surface area contributed by atoms with Gasteiger partial charge < -0.3 is 16.0 Å². The number of allylic oxidation sites excluding steroid dienone is 5. The molecule has 0 radical (unpaired) electrons. The summed E-state index contributed by atoms with van der Waals surface area (Å²) in [5.41, 5.74) is 2.79. The molecule has 0 amide bonds. The van der Waals surface area contributed by atoms with Crippen LogP contribution >= 0.6 is 0 Å². The Morgan fingerprint density at radius 3 is 3.06 bits per heavy atom. The van der Waals surface area contributed by atoms with Crippen LogP contribution in [0.4, 0.5) is 0 Å². The quantitative estimate of drug-likeness (QED) is 0.652. The van der Waals surface area contributed by atoms with Crippen LogP contribution in [0.25, 0.3) is 0 Å². The highest BCUT2D eigenvalue weighted by Crippen LogP contribution is 2.20. The lowest BCUT2D eigenvalue weighted by atomic mass is 9.93. The molecule has 4 nitrogen and oxygen atoms in total. The Hall–Kier alpha value is -1.68. The zero-order valence-electron chi connectivity index (χ0n) is 10.6. The van der Waals surface area contributed by atoms with Gasteiger partial charge in [0.15, 0.2) is 0 Å². The summed E-state index contributed by atoms with van der Waals surface area (Å²) < 4.78 is 0. The fourth-order valence-corrected chi connectivity index (χ4v) is 2.28. The minimum atomic E-state index is 0.454. The van der Waals surface area contributed by atoms with Gasteiger partial charge in [0.05, 0.1) is 5.71 Å². The third-order valence-corrected chi connectivity index (χ3v) is 3.50. The highest BCUT2D eigenvalue weighted by Gasteiger charge is 2.15. The van der Waals surface area contributed by atoms with Crippen LogP contribution in [0.3, 0.4) is 0 Å². The summed E-state index contributed by atoms with van der Waals surface area (Å²) in [5.74, 6) is 0.657. The van der Waals surface area contributed by atoms with E-state index in [1.54, 1.807) is 12.2 Å². The summed E-state index contributed by atoms with van der Waals surface area (Å²) in [5, 5.41) is 14.5. The number of carbonyl (C=O) groups is 1. The van der Waals surface area contributed by atoms with E-state index in [2.05, 4.69) is 10.6 Å². The molecule has 4 heteroatoms. The van der Waals surface area contributed by atoms with Crippen LogP contribution in [0.15, 0.2) is 35.1 Å². The number of aldehydes is 1. The van der Waals surface area contributed by atoms with E-state index < -0.39 is 0 Å². The zero-order valence-corrected chi connectivity index (χ0v) is 10.6. The Morgan fingerprint density at radius 2 is 2.39 bits per heavy atom. The molecule has 2 rings (SSSR count). The number of rotatable bonds is 4. The van der Waals surface area contributed by atoms with Crippen LogP contribution in [0, 0.1) is 11.3 Å². The molecule has 0 spiro atoms. The Kier molecular flexibility index (Phi) is 4.10. The van der Waals surface area contributed by atoms with E-state index in [-0.39, 0.29) is 0 Å². The molecule has 0 aromatic rings. The van der Waals surface area contributed by atoms with E-state index in [9.17, 15) is 4.79 Å². The van der Waals surface area contributed by atoms with Crippen LogP contribution < -0.4 is 10.6 Å². The van der Waals surface area contributed by atoms with Crippen LogP contribution in [-0.2, 0) is 4.79 Å².